The minimum absolute atomic E-state index is 0.202. The number of rotatable bonds is 16. The van der Waals surface area contributed by atoms with E-state index in [9.17, 15) is 33.6 Å². The number of ether oxygens (including phenoxy) is 5. The van der Waals surface area contributed by atoms with Crippen molar-refractivity contribution in [3.63, 3.8) is 0 Å². The van der Waals surface area contributed by atoms with Gasteiger partial charge in [0.15, 0.2) is 0 Å². The number of urea groups is 1. The zero-order valence-electron chi connectivity index (χ0n) is 48.2. The Morgan fingerprint density at radius 3 is 1.31 bits per heavy atom. The van der Waals surface area contributed by atoms with Gasteiger partial charge in [-0.15, -0.1) is 0 Å². The lowest BCUT2D eigenvalue weighted by atomic mass is 10.2. The molecule has 4 amide bonds. The minimum Gasteiger partial charge on any atom is -0.462 e. The summed E-state index contributed by atoms with van der Waals surface area (Å²) in [7, 11) is 7.17. The van der Waals surface area contributed by atoms with Crippen LogP contribution in [0.25, 0.3) is 0 Å². The first kappa shape index (κ1) is 70.4. The third kappa shape index (κ3) is 28.6. The molecule has 0 aliphatic heterocycles. The Balaban J connectivity index is 0.000000358. The quantitative estimate of drug-likeness (QED) is 0.0242. The number of hydrogen-bond donors (Lipinski definition) is 6. The molecule has 0 fully saturated rings. The summed E-state index contributed by atoms with van der Waals surface area (Å²) >= 11 is 2.15. The number of hydrogen-bond acceptors (Lipinski definition) is 18. The van der Waals surface area contributed by atoms with Crippen molar-refractivity contribution in [2.75, 3.05) is 42.0 Å². The van der Waals surface area contributed by atoms with E-state index in [1.54, 1.807) is 129 Å². The first-order chi connectivity index (χ1) is 40.4. The van der Waals surface area contributed by atoms with E-state index in [0.29, 0.717) is 78.7 Å². The number of esters is 4. The van der Waals surface area contributed by atoms with Gasteiger partial charge in [0.25, 0.3) is 5.91 Å². The van der Waals surface area contributed by atoms with Crippen LogP contribution in [0.2, 0.25) is 0 Å². The number of nitrogens with two attached hydrogens (primary N) is 2. The summed E-state index contributed by atoms with van der Waals surface area (Å²) in [5, 5.41) is 29.7. The number of benzene rings is 3. The van der Waals surface area contributed by atoms with Crippen molar-refractivity contribution in [3.8, 4) is 0 Å². The molecule has 3 aromatic carbocycles. The summed E-state index contributed by atoms with van der Waals surface area (Å²) in [6, 6.07) is 22.0. The van der Waals surface area contributed by atoms with Gasteiger partial charge in [-0.2, -0.15) is 25.5 Å². The normalized spacial score (nSPS) is 9.61. The molecule has 0 aliphatic carbocycles. The number of carbonyl (C=O) groups excluding carboxylic acids is 7. The highest BCUT2D eigenvalue weighted by molar-refractivity contribution is 14.1. The van der Waals surface area contributed by atoms with Gasteiger partial charge in [-0.1, -0.05) is 52.9 Å². The Kier molecular flexibility index (Phi) is 33.9. The number of aryl methyl sites for hydroxylation is 4. The topological polar surface area (TPSA) is 354 Å². The average molecular weight is 1270 g/mol. The van der Waals surface area contributed by atoms with Crippen molar-refractivity contribution in [2.45, 2.75) is 47.4 Å². The molecule has 8 aromatic rings. The molecule has 0 aliphatic rings. The molecule has 8 rings (SSSR count). The first-order valence-corrected chi connectivity index (χ1v) is 27.7. The van der Waals surface area contributed by atoms with Crippen LogP contribution < -0.4 is 27.4 Å². The number of anilines is 2. The molecular weight excluding hydrogens is 1200 g/mol. The Morgan fingerprint density at radius 1 is 0.500 bits per heavy atom. The van der Waals surface area contributed by atoms with Gasteiger partial charge in [-0.05, 0) is 86.7 Å². The van der Waals surface area contributed by atoms with E-state index in [0.717, 1.165) is 16.7 Å². The van der Waals surface area contributed by atoms with E-state index in [-0.39, 0.29) is 36.5 Å². The van der Waals surface area contributed by atoms with Crippen LogP contribution >= 0.6 is 22.6 Å². The van der Waals surface area contributed by atoms with Crippen LogP contribution in [-0.2, 0) is 71.6 Å². The molecule has 5 aromatic heterocycles. The van der Waals surface area contributed by atoms with E-state index in [4.69, 9.17) is 30.4 Å². The standard InChI is InChI=1S/C17H17NO4.C15H18N4O3.C7H10N2O2.C6H8N2O2.C5H7N3O.C5H9N3.CH3I/c1-2-21-16(19)14-8-10-15(11-9-14)18-17(20)22-12-13-6-4-3-5-7-13;1-3-22-14(20)12-4-6-13(7-5-12)18-15(21)16-8-11-9-17-19(2)10-11;1-3-11-7(10)6-4-8-9(2)5-6;1-2-10-6(9)5-3-7-8-4-5;1-8-3-4(2-7-8)5(6)9;1-8-4-5(2-6)3-7-8;1-2/h3-11H,2,12H2,1H3,(H,18,20);4-7,9-10H,3,8H2,1-2H3,(H2,16,18,21);4-5H,3H2,1-2H3;3-4H,2H2,1H3,(H,7,8);2-3H,1H3,(H2,6,9);3-4H,2,6H2,1H3;1H3. The SMILES string of the molecule is CCOC(=O)c1ccc(NC(=O)NCc2cnn(C)c2)cc1.CCOC(=O)c1ccc(NC(=O)OCc2ccccc2)cc1.CCOC(=O)c1cn[nH]c1.CCOC(=O)c1cnn(C)c1.CI.Cn1cc(C(N)=O)cn1.Cn1cc(CN)cn1. The van der Waals surface area contributed by atoms with E-state index < -0.39 is 12.0 Å². The third-order valence-corrected chi connectivity index (χ3v) is 9.93. The summed E-state index contributed by atoms with van der Waals surface area (Å²) in [6.07, 6.45) is 15.7. The number of primary amides is 1. The van der Waals surface area contributed by atoms with Crippen molar-refractivity contribution in [3.05, 3.63) is 185 Å². The molecule has 0 saturated carbocycles. The molecule has 0 saturated heterocycles. The average Bonchev–Trinajstić information content (AvgIpc) is 4.43. The summed E-state index contributed by atoms with van der Waals surface area (Å²) in [6.45, 7) is 9.64. The highest BCUT2D eigenvalue weighted by Crippen LogP contribution is 2.13. The van der Waals surface area contributed by atoms with Crippen LogP contribution in [0.1, 0.15) is 96.2 Å². The van der Waals surface area contributed by atoms with Gasteiger partial charge in [-0.3, -0.25) is 33.9 Å². The monoisotopic (exact) mass is 1270 g/mol. The highest BCUT2D eigenvalue weighted by Gasteiger charge is 2.11. The number of nitrogens with one attached hydrogen (secondary N) is 4. The zero-order chi connectivity index (χ0) is 62.2. The van der Waals surface area contributed by atoms with Crippen molar-refractivity contribution in [2.24, 2.45) is 39.7 Å². The summed E-state index contributed by atoms with van der Waals surface area (Å²) in [4.78, 5) is 80.6. The molecule has 0 unspecified atom stereocenters. The molecule has 8 N–H and O–H groups in total. The fourth-order valence-corrected chi connectivity index (χ4v) is 6.05. The molecule has 450 valence electrons. The van der Waals surface area contributed by atoms with Crippen molar-refractivity contribution in [1.82, 2.24) is 54.6 Å². The lowest BCUT2D eigenvalue weighted by Crippen LogP contribution is -2.28. The number of H-pyrrole nitrogens is 1. The van der Waals surface area contributed by atoms with Crippen LogP contribution in [0, 0.1) is 0 Å². The van der Waals surface area contributed by atoms with Gasteiger partial charge >= 0.3 is 36.0 Å². The number of carbonyl (C=O) groups is 7. The Hall–Kier alpha value is -9.71. The molecule has 0 atom stereocenters. The van der Waals surface area contributed by atoms with Crippen molar-refractivity contribution < 1.29 is 57.2 Å². The number of aromatic nitrogens is 10. The molecule has 28 heteroatoms. The largest absolute Gasteiger partial charge is 0.462 e. The van der Waals surface area contributed by atoms with Gasteiger partial charge in [-0.25, -0.2) is 28.8 Å². The fourth-order valence-electron chi connectivity index (χ4n) is 6.05. The van der Waals surface area contributed by atoms with Crippen LogP contribution in [0.15, 0.2) is 141 Å². The number of halogens is 1. The van der Waals surface area contributed by atoms with Crippen LogP contribution in [-0.4, -0.2) is 123 Å². The molecule has 84 heavy (non-hydrogen) atoms. The van der Waals surface area contributed by atoms with Gasteiger partial charge in [0.2, 0.25) is 0 Å². The first-order valence-electron chi connectivity index (χ1n) is 25.6. The molecule has 0 spiro atoms. The zero-order valence-corrected chi connectivity index (χ0v) is 50.3. The molecular formula is C56H72IN15O12. The number of alkyl halides is 1. The Bertz CT molecular complexity index is 3180. The maximum Gasteiger partial charge on any atom is 0.411 e. The summed E-state index contributed by atoms with van der Waals surface area (Å²) in [5.74, 6) is -1.87. The van der Waals surface area contributed by atoms with E-state index in [1.807, 2.05) is 61.8 Å². The second-order valence-corrected chi connectivity index (χ2v) is 16.4. The molecule has 0 radical (unpaired) electrons. The maximum atomic E-state index is 11.8. The smallest absolute Gasteiger partial charge is 0.411 e. The lowest BCUT2D eigenvalue weighted by molar-refractivity contribution is 0.0516. The Morgan fingerprint density at radius 2 is 0.929 bits per heavy atom. The van der Waals surface area contributed by atoms with Gasteiger partial charge < -0.3 is 45.8 Å². The predicted octanol–water partition coefficient (Wildman–Crippen LogP) is 7.16. The maximum absolute atomic E-state index is 11.8. The summed E-state index contributed by atoms with van der Waals surface area (Å²) < 4.78 is 30.8. The van der Waals surface area contributed by atoms with Crippen molar-refractivity contribution >= 4 is 75.9 Å². The van der Waals surface area contributed by atoms with E-state index >= 15 is 0 Å². The highest BCUT2D eigenvalue weighted by atomic mass is 127. The number of amides is 4. The molecule has 27 nitrogen and oxygen atoms in total. The fraction of sp³-hybridized carbons (Fsp3) is 0.286. The van der Waals surface area contributed by atoms with Crippen LogP contribution in [0.5, 0.6) is 0 Å². The van der Waals surface area contributed by atoms with Gasteiger partial charge in [0.1, 0.15) is 6.61 Å². The molecule has 5 heterocycles. The van der Waals surface area contributed by atoms with Crippen LogP contribution in [0.4, 0.5) is 21.0 Å². The predicted molar refractivity (Wildman–Crippen MR) is 321 cm³/mol. The number of nitrogens with zero attached hydrogens (tertiary/aromatic N) is 9. The van der Waals surface area contributed by atoms with Gasteiger partial charge in [0.05, 0.1) is 85.2 Å². The summed E-state index contributed by atoms with van der Waals surface area (Å²) in [5.41, 5.74) is 16.6. The second kappa shape index (κ2) is 40.5. The van der Waals surface area contributed by atoms with E-state index in [2.05, 4.69) is 73.9 Å². The Labute approximate surface area is 499 Å². The molecule has 0 bridgehead atoms. The van der Waals surface area contributed by atoms with E-state index in [1.165, 1.54) is 29.5 Å². The minimum atomic E-state index is -0.548. The lowest BCUT2D eigenvalue weighted by Gasteiger charge is -2.08. The second-order valence-electron chi connectivity index (χ2n) is 16.4. The number of aromatic amines is 1. The van der Waals surface area contributed by atoms with Gasteiger partial charge in [0, 0.05) is 94.8 Å². The third-order valence-electron chi connectivity index (χ3n) is 9.93. The van der Waals surface area contributed by atoms with Crippen molar-refractivity contribution in [1.29, 1.82) is 0 Å². The van der Waals surface area contributed by atoms with Crippen LogP contribution in [0.3, 0.4) is 0 Å².